The Kier molecular flexibility index (Phi) is 9.71. The number of nitrogens with zero attached hydrogens (tertiary/aromatic N) is 6. The Morgan fingerprint density at radius 3 is 2.65 bits per heavy atom. The summed E-state index contributed by atoms with van der Waals surface area (Å²) in [5.41, 5.74) is 2.77. The van der Waals surface area contributed by atoms with E-state index in [1.807, 2.05) is 31.2 Å². The molecule has 1 aliphatic rings. The number of rotatable bonds is 10. The summed E-state index contributed by atoms with van der Waals surface area (Å²) in [6.07, 6.45) is 10.6. The summed E-state index contributed by atoms with van der Waals surface area (Å²) in [6, 6.07) is 12.4. The lowest BCUT2D eigenvalue weighted by Gasteiger charge is -2.28. The fraction of sp³-hybridized carbons (Fsp3) is 0.323. The van der Waals surface area contributed by atoms with Gasteiger partial charge in [0.05, 0.1) is 48.2 Å². The Hall–Kier alpha value is -4.42. The number of hydrogen-bond acceptors (Lipinski definition) is 7. The molecule has 0 bridgehead atoms. The Bertz CT molecular complexity index is 1400. The molecule has 2 aromatic heterocycles. The van der Waals surface area contributed by atoms with Gasteiger partial charge in [-0.3, -0.25) is 9.78 Å². The Balaban J connectivity index is 1.50. The van der Waals surface area contributed by atoms with Gasteiger partial charge in [0.2, 0.25) is 6.41 Å². The van der Waals surface area contributed by atoms with Crippen LogP contribution in [0.4, 0.5) is 4.39 Å². The number of ether oxygens (including phenoxy) is 1. The molecule has 0 saturated carbocycles. The number of benzene rings is 1. The lowest BCUT2D eigenvalue weighted by molar-refractivity contribution is -0.117. The van der Waals surface area contributed by atoms with Crippen molar-refractivity contribution in [2.75, 3.05) is 26.7 Å². The van der Waals surface area contributed by atoms with Crippen LogP contribution in [0.25, 0.3) is 17.0 Å². The Morgan fingerprint density at radius 1 is 1.23 bits per heavy atom. The van der Waals surface area contributed by atoms with Crippen molar-refractivity contribution in [3.63, 3.8) is 0 Å². The van der Waals surface area contributed by atoms with Crippen molar-refractivity contribution in [3.8, 4) is 23.2 Å². The van der Waals surface area contributed by atoms with Gasteiger partial charge in [0, 0.05) is 23.5 Å². The monoisotopic (exact) mass is 540 g/mol. The van der Waals surface area contributed by atoms with Gasteiger partial charge in [-0.1, -0.05) is 18.2 Å². The van der Waals surface area contributed by atoms with E-state index in [2.05, 4.69) is 33.0 Å². The summed E-state index contributed by atoms with van der Waals surface area (Å²) in [5.74, 6) is 1.27. The maximum absolute atomic E-state index is 13.9. The quantitative estimate of drug-likeness (QED) is 0.245. The lowest BCUT2D eigenvalue weighted by Crippen LogP contribution is -2.32. The van der Waals surface area contributed by atoms with Crippen LogP contribution in [0.5, 0.6) is 5.75 Å². The molecule has 3 heterocycles. The molecule has 0 N–H and O–H groups in total. The summed E-state index contributed by atoms with van der Waals surface area (Å²) in [4.78, 5) is 29.2. The van der Waals surface area contributed by atoms with E-state index in [0.29, 0.717) is 47.3 Å². The molecule has 1 fully saturated rings. The van der Waals surface area contributed by atoms with Gasteiger partial charge in [-0.2, -0.15) is 5.26 Å². The molecule has 4 rings (SSSR count). The maximum atomic E-state index is 13.9. The van der Waals surface area contributed by atoms with Gasteiger partial charge >= 0.3 is 0 Å². The summed E-state index contributed by atoms with van der Waals surface area (Å²) in [7, 11) is 2.14. The SMILES string of the molecule is C/C(F)=C\C(=C/N(C=O)C(C)c1cccc(-c2ncc(OCC3CCN(C)CC3)cn2)c1)c1cc(C#N)ccn1. The van der Waals surface area contributed by atoms with E-state index < -0.39 is 11.9 Å². The molecule has 0 spiro atoms. The summed E-state index contributed by atoms with van der Waals surface area (Å²) >= 11 is 0. The van der Waals surface area contributed by atoms with Gasteiger partial charge in [-0.15, -0.1) is 0 Å². The fourth-order valence-electron chi connectivity index (χ4n) is 4.54. The van der Waals surface area contributed by atoms with Crippen molar-refractivity contribution in [2.45, 2.75) is 32.7 Å². The van der Waals surface area contributed by atoms with Crippen LogP contribution in [-0.4, -0.2) is 57.9 Å². The molecule has 1 amide bonds. The first-order chi connectivity index (χ1) is 19.4. The third-order valence-corrected chi connectivity index (χ3v) is 6.98. The first-order valence-corrected chi connectivity index (χ1v) is 13.2. The van der Waals surface area contributed by atoms with E-state index in [-0.39, 0.29) is 0 Å². The number of amides is 1. The highest BCUT2D eigenvalue weighted by molar-refractivity contribution is 5.74. The molecule has 206 valence electrons. The van der Waals surface area contributed by atoms with Crippen LogP contribution in [0.1, 0.15) is 49.6 Å². The highest BCUT2D eigenvalue weighted by Gasteiger charge is 2.18. The third kappa shape index (κ3) is 7.58. The van der Waals surface area contributed by atoms with E-state index >= 15 is 0 Å². The highest BCUT2D eigenvalue weighted by Crippen LogP contribution is 2.27. The molecule has 0 aliphatic carbocycles. The molecule has 9 heteroatoms. The standard InChI is InChI=1S/C31H33FN6O2/c1-22(32)13-28(30-14-25(16-33)7-10-34-30)19-38(21-39)23(2)26-5-4-6-27(15-26)31-35-17-29(18-36-31)40-20-24-8-11-37(3)12-9-24/h4-7,10,13-15,17-19,21,23-24H,8-9,11-12,20H2,1-3H3/b22-13+,28-19+. The van der Waals surface area contributed by atoms with E-state index in [4.69, 9.17) is 4.74 Å². The molecule has 1 aromatic carbocycles. The van der Waals surface area contributed by atoms with E-state index in [0.717, 1.165) is 37.1 Å². The number of likely N-dealkylation sites (tertiary alicyclic amines) is 1. The summed E-state index contributed by atoms with van der Waals surface area (Å²) in [5, 5.41) is 9.24. The van der Waals surface area contributed by atoms with Gasteiger partial charge in [0.25, 0.3) is 0 Å². The van der Waals surface area contributed by atoms with E-state index in [1.54, 1.807) is 24.5 Å². The summed E-state index contributed by atoms with van der Waals surface area (Å²) < 4.78 is 19.9. The molecule has 1 atom stereocenters. The predicted molar refractivity (Wildman–Crippen MR) is 151 cm³/mol. The topological polar surface area (TPSA) is 95.2 Å². The Labute approximate surface area is 234 Å². The van der Waals surface area contributed by atoms with Crippen molar-refractivity contribution < 1.29 is 13.9 Å². The average Bonchev–Trinajstić information content (AvgIpc) is 2.98. The van der Waals surface area contributed by atoms with Crippen LogP contribution < -0.4 is 4.74 Å². The number of hydrogen-bond donors (Lipinski definition) is 0. The summed E-state index contributed by atoms with van der Waals surface area (Å²) in [6.45, 7) is 6.02. The minimum absolute atomic E-state index is 0.367. The van der Waals surface area contributed by atoms with Crippen molar-refractivity contribution in [1.29, 1.82) is 5.26 Å². The van der Waals surface area contributed by atoms with Crippen molar-refractivity contribution >= 4 is 12.0 Å². The van der Waals surface area contributed by atoms with E-state index in [9.17, 15) is 14.4 Å². The number of allylic oxidation sites excluding steroid dienone is 3. The zero-order valence-corrected chi connectivity index (χ0v) is 23.0. The number of carbonyl (C=O) groups is 1. The minimum Gasteiger partial charge on any atom is -0.490 e. The van der Waals surface area contributed by atoms with Gasteiger partial charge in [0.1, 0.15) is 0 Å². The van der Waals surface area contributed by atoms with Gasteiger partial charge < -0.3 is 14.5 Å². The van der Waals surface area contributed by atoms with Crippen LogP contribution in [-0.2, 0) is 4.79 Å². The average molecular weight is 541 g/mol. The zero-order chi connectivity index (χ0) is 28.5. The second kappa shape index (κ2) is 13.6. The first kappa shape index (κ1) is 28.6. The molecular weight excluding hydrogens is 507 g/mol. The zero-order valence-electron chi connectivity index (χ0n) is 23.0. The van der Waals surface area contributed by atoms with E-state index in [1.165, 1.54) is 30.3 Å². The molecule has 3 aromatic rings. The lowest BCUT2D eigenvalue weighted by atomic mass is 9.98. The minimum atomic E-state index is -0.452. The van der Waals surface area contributed by atoms with Crippen LogP contribution >= 0.6 is 0 Å². The first-order valence-electron chi connectivity index (χ1n) is 13.2. The van der Waals surface area contributed by atoms with Crippen LogP contribution in [0.3, 0.4) is 0 Å². The molecule has 40 heavy (non-hydrogen) atoms. The van der Waals surface area contributed by atoms with Crippen molar-refractivity contribution in [3.05, 3.63) is 89.9 Å². The van der Waals surface area contributed by atoms with Gasteiger partial charge in [-0.25, -0.2) is 14.4 Å². The number of piperidine rings is 1. The molecule has 1 saturated heterocycles. The van der Waals surface area contributed by atoms with Crippen molar-refractivity contribution in [2.24, 2.45) is 5.92 Å². The van der Waals surface area contributed by atoms with Crippen LogP contribution in [0.15, 0.2) is 73.1 Å². The third-order valence-electron chi connectivity index (χ3n) is 6.98. The second-order valence-electron chi connectivity index (χ2n) is 10.0. The number of carbonyl (C=O) groups excluding carboxylic acids is 1. The van der Waals surface area contributed by atoms with Gasteiger partial charge in [0.15, 0.2) is 11.6 Å². The number of nitriles is 1. The maximum Gasteiger partial charge on any atom is 0.214 e. The number of pyridine rings is 1. The molecule has 1 unspecified atom stereocenters. The van der Waals surface area contributed by atoms with Crippen LogP contribution in [0, 0.1) is 17.2 Å². The largest absolute Gasteiger partial charge is 0.490 e. The number of aromatic nitrogens is 3. The molecule has 1 aliphatic heterocycles. The normalized spacial score (nSPS) is 15.8. The van der Waals surface area contributed by atoms with Gasteiger partial charge in [-0.05, 0) is 82.6 Å². The molecule has 8 nitrogen and oxygen atoms in total. The fourth-order valence-corrected chi connectivity index (χ4v) is 4.54. The van der Waals surface area contributed by atoms with Crippen LogP contribution in [0.2, 0.25) is 0 Å². The smallest absolute Gasteiger partial charge is 0.214 e. The van der Waals surface area contributed by atoms with Crippen molar-refractivity contribution in [1.82, 2.24) is 24.8 Å². The Morgan fingerprint density at radius 2 is 1.98 bits per heavy atom. The second-order valence-corrected chi connectivity index (χ2v) is 10.0. The highest BCUT2D eigenvalue weighted by atomic mass is 19.1. The molecular formula is C31H33FN6O2. The number of halogens is 1. The molecule has 0 radical (unpaired) electrons. The predicted octanol–water partition coefficient (Wildman–Crippen LogP) is 5.56.